The molecule has 1 aliphatic rings. The van der Waals surface area contributed by atoms with Crippen LogP contribution < -0.4 is 5.32 Å². The van der Waals surface area contributed by atoms with Crippen molar-refractivity contribution in [3.63, 3.8) is 0 Å². The average Bonchev–Trinajstić information content (AvgIpc) is 3.23. The molecule has 9 heteroatoms. The molecule has 1 saturated carbocycles. The van der Waals surface area contributed by atoms with Crippen molar-refractivity contribution in [2.75, 3.05) is 25.6 Å². The first-order chi connectivity index (χ1) is 15.3. The zero-order valence-corrected chi connectivity index (χ0v) is 17.4. The molecule has 4 aromatic rings. The van der Waals surface area contributed by atoms with Crippen molar-refractivity contribution in [1.82, 2.24) is 29.5 Å². The summed E-state index contributed by atoms with van der Waals surface area (Å²) in [5, 5.41) is 8.14. The van der Waals surface area contributed by atoms with Gasteiger partial charge in [0.25, 0.3) is 0 Å². The summed E-state index contributed by atoms with van der Waals surface area (Å²) in [6, 6.07) is 4.37. The van der Waals surface area contributed by atoms with Crippen molar-refractivity contribution < 1.29 is 9.47 Å². The standard InChI is InChI=1S/C22H25N7O2/c1-30-10-11-31-17-4-2-16(3-5-17)27-22-26-14-20-18(6-9-29(20)28-22)15-12-19-21(25-13-15)24-8-7-23-19/h6-9,12-14,16-17H,2-5,10-11H2,1H3,(H,27,28)/t16-,17+. The third kappa shape index (κ3) is 4.33. The Bertz CT molecular complexity index is 1170. The number of nitrogens with zero attached hydrogens (tertiary/aromatic N) is 6. The molecule has 4 aromatic heterocycles. The Morgan fingerprint density at radius 2 is 1.90 bits per heavy atom. The van der Waals surface area contributed by atoms with Crippen LogP contribution in [0.3, 0.4) is 0 Å². The molecule has 160 valence electrons. The fraction of sp³-hybridized carbons (Fsp3) is 0.409. The van der Waals surface area contributed by atoms with Crippen LogP contribution in [0.25, 0.3) is 27.8 Å². The zero-order valence-electron chi connectivity index (χ0n) is 17.4. The lowest BCUT2D eigenvalue weighted by Gasteiger charge is -2.29. The fourth-order valence-electron chi connectivity index (χ4n) is 4.07. The first-order valence-electron chi connectivity index (χ1n) is 10.6. The van der Waals surface area contributed by atoms with Crippen LogP contribution in [0.5, 0.6) is 0 Å². The number of ether oxygens (including phenoxy) is 2. The number of pyridine rings is 1. The van der Waals surface area contributed by atoms with Crippen LogP contribution in [0.1, 0.15) is 25.7 Å². The van der Waals surface area contributed by atoms with E-state index in [1.165, 1.54) is 0 Å². The van der Waals surface area contributed by atoms with E-state index in [9.17, 15) is 0 Å². The summed E-state index contributed by atoms with van der Waals surface area (Å²) in [6.07, 6.45) is 13.4. The molecule has 1 N–H and O–H groups in total. The highest BCUT2D eigenvalue weighted by Crippen LogP contribution is 2.27. The predicted octanol–water partition coefficient (Wildman–Crippen LogP) is 3.12. The Hall–Kier alpha value is -3.17. The number of methoxy groups -OCH3 is 1. The number of aromatic nitrogens is 6. The molecular formula is C22H25N7O2. The van der Waals surface area contributed by atoms with E-state index in [1.807, 2.05) is 35.2 Å². The van der Waals surface area contributed by atoms with Gasteiger partial charge in [-0.15, -0.1) is 5.10 Å². The van der Waals surface area contributed by atoms with Gasteiger partial charge in [-0.25, -0.2) is 19.5 Å². The molecule has 0 saturated heterocycles. The van der Waals surface area contributed by atoms with E-state index in [2.05, 4.69) is 30.4 Å². The largest absolute Gasteiger partial charge is 0.382 e. The van der Waals surface area contributed by atoms with Crippen molar-refractivity contribution in [2.45, 2.75) is 37.8 Å². The highest BCUT2D eigenvalue weighted by atomic mass is 16.5. The first-order valence-corrected chi connectivity index (χ1v) is 10.6. The molecule has 0 spiro atoms. The van der Waals surface area contributed by atoms with Crippen LogP contribution in [0.2, 0.25) is 0 Å². The van der Waals surface area contributed by atoms with Gasteiger partial charge in [-0.1, -0.05) is 0 Å². The lowest BCUT2D eigenvalue weighted by molar-refractivity contribution is -0.00158. The Balaban J connectivity index is 1.27. The number of hydrogen-bond acceptors (Lipinski definition) is 8. The van der Waals surface area contributed by atoms with Gasteiger partial charge in [-0.3, -0.25) is 4.98 Å². The van der Waals surface area contributed by atoms with Gasteiger partial charge in [0.2, 0.25) is 5.95 Å². The van der Waals surface area contributed by atoms with Crippen molar-refractivity contribution in [3.05, 3.63) is 43.1 Å². The highest BCUT2D eigenvalue weighted by molar-refractivity contribution is 5.84. The SMILES string of the molecule is COCCO[C@H]1CC[C@@H](Nc2ncc3c(-c4cnc5nccnc5c4)ccn3n2)CC1. The normalized spacial score (nSPS) is 19.1. The maximum absolute atomic E-state index is 5.85. The first kappa shape index (κ1) is 19.8. The van der Waals surface area contributed by atoms with E-state index >= 15 is 0 Å². The van der Waals surface area contributed by atoms with Gasteiger partial charge in [0.15, 0.2) is 5.65 Å². The third-order valence-electron chi connectivity index (χ3n) is 5.70. The topological polar surface area (TPSA) is 99.3 Å². The number of nitrogens with one attached hydrogen (secondary N) is 1. The van der Waals surface area contributed by atoms with Gasteiger partial charge in [0.05, 0.1) is 31.0 Å². The van der Waals surface area contributed by atoms with E-state index in [4.69, 9.17) is 9.47 Å². The molecule has 1 fully saturated rings. The van der Waals surface area contributed by atoms with Gasteiger partial charge in [-0.05, 0) is 37.8 Å². The molecule has 9 nitrogen and oxygen atoms in total. The molecule has 0 bridgehead atoms. The number of hydrogen-bond donors (Lipinski definition) is 1. The Kier molecular flexibility index (Phi) is 5.68. The van der Waals surface area contributed by atoms with Gasteiger partial charge in [0.1, 0.15) is 5.52 Å². The summed E-state index contributed by atoms with van der Waals surface area (Å²) < 4.78 is 12.8. The summed E-state index contributed by atoms with van der Waals surface area (Å²) >= 11 is 0. The monoisotopic (exact) mass is 419 g/mol. The van der Waals surface area contributed by atoms with E-state index in [1.54, 1.807) is 19.5 Å². The molecule has 5 rings (SSSR count). The Morgan fingerprint density at radius 3 is 2.77 bits per heavy atom. The minimum Gasteiger partial charge on any atom is -0.382 e. The molecule has 0 aromatic carbocycles. The fourth-order valence-corrected chi connectivity index (χ4v) is 4.07. The van der Waals surface area contributed by atoms with E-state index in [0.29, 0.717) is 37.0 Å². The predicted molar refractivity (Wildman–Crippen MR) is 117 cm³/mol. The molecule has 1 aliphatic carbocycles. The smallest absolute Gasteiger partial charge is 0.241 e. The van der Waals surface area contributed by atoms with Crippen LogP contribution in [0.15, 0.2) is 43.1 Å². The van der Waals surface area contributed by atoms with Crippen LogP contribution in [0, 0.1) is 0 Å². The minimum atomic E-state index is 0.323. The average molecular weight is 419 g/mol. The van der Waals surface area contributed by atoms with Crippen LogP contribution in [0.4, 0.5) is 5.95 Å². The highest BCUT2D eigenvalue weighted by Gasteiger charge is 2.22. The maximum atomic E-state index is 5.85. The lowest BCUT2D eigenvalue weighted by atomic mass is 9.93. The molecule has 4 heterocycles. The van der Waals surface area contributed by atoms with Crippen LogP contribution >= 0.6 is 0 Å². The van der Waals surface area contributed by atoms with Crippen molar-refractivity contribution in [3.8, 4) is 11.1 Å². The molecule has 0 aliphatic heterocycles. The van der Waals surface area contributed by atoms with Gasteiger partial charge in [-0.2, -0.15) is 0 Å². The molecular weight excluding hydrogens is 394 g/mol. The van der Waals surface area contributed by atoms with Crippen molar-refractivity contribution in [2.24, 2.45) is 0 Å². The van der Waals surface area contributed by atoms with Gasteiger partial charge < -0.3 is 14.8 Å². The van der Waals surface area contributed by atoms with Crippen molar-refractivity contribution in [1.29, 1.82) is 0 Å². The van der Waals surface area contributed by atoms with E-state index < -0.39 is 0 Å². The van der Waals surface area contributed by atoms with Crippen LogP contribution in [-0.2, 0) is 9.47 Å². The number of anilines is 1. The maximum Gasteiger partial charge on any atom is 0.241 e. The van der Waals surface area contributed by atoms with E-state index in [-0.39, 0.29) is 0 Å². The lowest BCUT2D eigenvalue weighted by Crippen LogP contribution is -2.31. The second-order valence-electron chi connectivity index (χ2n) is 7.75. The molecule has 31 heavy (non-hydrogen) atoms. The third-order valence-corrected chi connectivity index (χ3v) is 5.70. The summed E-state index contributed by atoms with van der Waals surface area (Å²) in [5.74, 6) is 0.640. The quantitative estimate of drug-likeness (QED) is 0.456. The van der Waals surface area contributed by atoms with Crippen molar-refractivity contribution >= 4 is 22.6 Å². The Labute approximate surface area is 179 Å². The number of fused-ring (bicyclic) bond motifs is 2. The molecule has 0 atom stereocenters. The second-order valence-corrected chi connectivity index (χ2v) is 7.75. The summed E-state index contributed by atoms with van der Waals surface area (Å²) in [5.41, 5.74) is 4.30. The number of rotatable bonds is 7. The van der Waals surface area contributed by atoms with E-state index in [0.717, 1.165) is 47.8 Å². The van der Waals surface area contributed by atoms with Gasteiger partial charge >= 0.3 is 0 Å². The second kappa shape index (κ2) is 8.91. The summed E-state index contributed by atoms with van der Waals surface area (Å²) in [4.78, 5) is 17.6. The summed E-state index contributed by atoms with van der Waals surface area (Å²) in [7, 11) is 1.70. The zero-order chi connectivity index (χ0) is 21.0. The Morgan fingerprint density at radius 1 is 1.03 bits per heavy atom. The minimum absolute atomic E-state index is 0.323. The summed E-state index contributed by atoms with van der Waals surface area (Å²) in [6.45, 7) is 1.31. The molecule has 0 radical (unpaired) electrons. The van der Waals surface area contributed by atoms with Gasteiger partial charge in [0, 0.05) is 49.1 Å². The molecule has 0 unspecified atom stereocenters. The van der Waals surface area contributed by atoms with Crippen LogP contribution in [-0.4, -0.2) is 62.0 Å². The molecule has 0 amide bonds.